The highest BCUT2D eigenvalue weighted by Crippen LogP contribution is 2.35. The summed E-state index contributed by atoms with van der Waals surface area (Å²) in [6, 6.07) is 13.5. The molecule has 1 atom stereocenters. The monoisotopic (exact) mass is 533 g/mol. The molecule has 37 heavy (non-hydrogen) atoms. The number of esters is 1. The number of ether oxygens (including phenoxy) is 1. The fraction of sp³-hybridized carbons (Fsp3) is 0.214. The number of carbonyl (C=O) groups excluding carboxylic acids is 2. The Labute approximate surface area is 222 Å². The molecule has 0 unspecified atom stereocenters. The number of benzene rings is 2. The molecule has 0 bridgehead atoms. The molecule has 188 valence electrons. The van der Waals surface area contributed by atoms with E-state index in [1.165, 1.54) is 4.57 Å². The predicted octanol–water partition coefficient (Wildman–Crippen LogP) is 3.74. The molecule has 0 spiro atoms. The number of hydrogen-bond acceptors (Lipinski definition) is 6. The molecule has 2 aliphatic heterocycles. The van der Waals surface area contributed by atoms with Gasteiger partial charge in [-0.3, -0.25) is 14.2 Å². The largest absolute Gasteiger partial charge is 0.459 e. The van der Waals surface area contributed by atoms with Crippen LogP contribution in [-0.2, 0) is 14.3 Å². The van der Waals surface area contributed by atoms with Crippen LogP contribution in [0.2, 0.25) is 5.02 Å². The maximum Gasteiger partial charge on any atom is 0.338 e. The van der Waals surface area contributed by atoms with Gasteiger partial charge in [0.05, 0.1) is 34.7 Å². The average Bonchev–Trinajstić information content (AvgIpc) is 3.31. The topological polar surface area (TPSA) is 81.0 Å². The summed E-state index contributed by atoms with van der Waals surface area (Å²) in [6.07, 6.45) is 1.30. The van der Waals surface area contributed by atoms with Crippen LogP contribution in [0.25, 0.3) is 5.57 Å². The molecule has 1 aromatic heterocycles. The van der Waals surface area contributed by atoms with Crippen LogP contribution in [0.4, 0.5) is 5.69 Å². The van der Waals surface area contributed by atoms with Crippen LogP contribution >= 0.6 is 22.9 Å². The van der Waals surface area contributed by atoms with Gasteiger partial charge in [-0.25, -0.2) is 9.79 Å². The van der Waals surface area contributed by atoms with Gasteiger partial charge in [-0.15, -0.1) is 6.58 Å². The van der Waals surface area contributed by atoms with Crippen molar-refractivity contribution in [2.24, 2.45) is 4.99 Å². The van der Waals surface area contributed by atoms with Gasteiger partial charge in [0.25, 0.3) is 11.5 Å². The number of halogens is 1. The van der Waals surface area contributed by atoms with Crippen molar-refractivity contribution in [1.29, 1.82) is 0 Å². The molecular formula is C28H24ClN3O4S. The van der Waals surface area contributed by atoms with E-state index in [9.17, 15) is 14.4 Å². The van der Waals surface area contributed by atoms with E-state index in [2.05, 4.69) is 11.6 Å². The van der Waals surface area contributed by atoms with Gasteiger partial charge in [0.15, 0.2) is 4.80 Å². The van der Waals surface area contributed by atoms with E-state index in [-0.39, 0.29) is 22.1 Å². The number of anilines is 1. The molecule has 9 heteroatoms. The normalized spacial score (nSPS) is 18.0. The Bertz CT molecular complexity index is 1660. The lowest BCUT2D eigenvalue weighted by Gasteiger charge is -2.25. The molecule has 0 fully saturated rings. The van der Waals surface area contributed by atoms with Crippen LogP contribution in [0.1, 0.15) is 37.9 Å². The summed E-state index contributed by atoms with van der Waals surface area (Å²) in [5, 5.41) is 0.529. The molecule has 7 nitrogen and oxygen atoms in total. The summed E-state index contributed by atoms with van der Waals surface area (Å²) in [4.78, 5) is 47.5. The van der Waals surface area contributed by atoms with Gasteiger partial charge in [0.1, 0.15) is 4.53 Å². The summed E-state index contributed by atoms with van der Waals surface area (Å²) in [6.45, 7) is 9.33. The minimum atomic E-state index is -0.787. The number of nitrogens with zero attached hydrogens (tertiary/aromatic N) is 3. The summed E-state index contributed by atoms with van der Waals surface area (Å²) in [5.74, 6) is -0.821. The lowest BCUT2D eigenvalue weighted by Crippen LogP contribution is -2.41. The first-order valence-corrected chi connectivity index (χ1v) is 13.0. The average molecular weight is 534 g/mol. The SMILES string of the molecule is C=CCN1C(=O)/C(=c2/sc3n(c2=O)[C@@H](c2ccc(Cl)cc2)C(C(=O)OC(C)C)=C(C)N=3)c2ccccc21. The predicted molar refractivity (Wildman–Crippen MR) is 144 cm³/mol. The number of hydrogen-bond donors (Lipinski definition) is 0. The maximum atomic E-state index is 14.1. The van der Waals surface area contributed by atoms with E-state index in [0.29, 0.717) is 38.8 Å². The Balaban J connectivity index is 1.80. The maximum absolute atomic E-state index is 14.1. The Morgan fingerprint density at radius 2 is 1.89 bits per heavy atom. The van der Waals surface area contributed by atoms with Crippen molar-refractivity contribution in [2.75, 3.05) is 11.4 Å². The van der Waals surface area contributed by atoms with E-state index < -0.39 is 17.6 Å². The van der Waals surface area contributed by atoms with Gasteiger partial charge in [0, 0.05) is 17.1 Å². The summed E-state index contributed by atoms with van der Waals surface area (Å²) in [7, 11) is 0. The zero-order chi connectivity index (χ0) is 26.4. The van der Waals surface area contributed by atoms with Crippen molar-refractivity contribution >= 4 is 46.1 Å². The molecule has 0 saturated heterocycles. The molecule has 0 aliphatic carbocycles. The third-order valence-corrected chi connectivity index (χ3v) is 7.51. The van der Waals surface area contributed by atoms with Crippen LogP contribution in [0.5, 0.6) is 0 Å². The Morgan fingerprint density at radius 1 is 1.19 bits per heavy atom. The quantitative estimate of drug-likeness (QED) is 0.369. The Kier molecular flexibility index (Phi) is 6.47. The van der Waals surface area contributed by atoms with Crippen LogP contribution in [0.3, 0.4) is 0 Å². The highest BCUT2D eigenvalue weighted by atomic mass is 35.5. The number of carbonyl (C=O) groups is 2. The molecule has 5 rings (SSSR count). The molecule has 0 N–H and O–H groups in total. The number of thiazole rings is 1. The fourth-order valence-electron chi connectivity index (χ4n) is 4.68. The zero-order valence-corrected chi connectivity index (χ0v) is 22.1. The smallest absolute Gasteiger partial charge is 0.338 e. The highest BCUT2D eigenvalue weighted by molar-refractivity contribution is 7.07. The van der Waals surface area contributed by atoms with Crippen LogP contribution in [0, 0.1) is 0 Å². The number of aromatic nitrogens is 1. The van der Waals surface area contributed by atoms with Crippen molar-refractivity contribution < 1.29 is 14.3 Å². The minimum Gasteiger partial charge on any atom is -0.459 e. The summed E-state index contributed by atoms with van der Waals surface area (Å²) in [5.41, 5.74) is 2.73. The second kappa shape index (κ2) is 9.61. The van der Waals surface area contributed by atoms with Gasteiger partial charge in [-0.2, -0.15) is 0 Å². The van der Waals surface area contributed by atoms with Gasteiger partial charge < -0.3 is 9.64 Å². The molecule has 3 aromatic rings. The van der Waals surface area contributed by atoms with Gasteiger partial charge >= 0.3 is 5.97 Å². The molecule has 0 saturated carbocycles. The van der Waals surface area contributed by atoms with Crippen LogP contribution in [-0.4, -0.2) is 29.1 Å². The molecular weight excluding hydrogens is 510 g/mol. The van der Waals surface area contributed by atoms with E-state index in [1.54, 1.807) is 56.0 Å². The minimum absolute atomic E-state index is 0.270. The first-order chi connectivity index (χ1) is 17.7. The van der Waals surface area contributed by atoms with Crippen molar-refractivity contribution in [3.63, 3.8) is 0 Å². The standard InChI is InChI=1S/C28H24ClN3O4S/c1-5-14-31-20-9-7-6-8-19(20)22(25(31)33)24-26(34)32-23(17-10-12-18(29)13-11-17)21(27(35)36-15(2)3)16(4)30-28(32)37-24/h5-13,15,23H,1,14H2,2-4H3/b24-22+/t23-/m0/s1. The highest BCUT2D eigenvalue weighted by Gasteiger charge is 2.37. The molecule has 2 aliphatic rings. The van der Waals surface area contributed by atoms with Crippen molar-refractivity contribution in [2.45, 2.75) is 32.9 Å². The first kappa shape index (κ1) is 24.9. The fourth-order valence-corrected chi connectivity index (χ4v) is 5.94. The van der Waals surface area contributed by atoms with Crippen molar-refractivity contribution in [3.8, 4) is 0 Å². The molecule has 2 aromatic carbocycles. The Hall–Kier alpha value is -3.75. The summed E-state index contributed by atoms with van der Waals surface area (Å²) < 4.78 is 7.28. The third kappa shape index (κ3) is 4.16. The van der Waals surface area contributed by atoms with E-state index >= 15 is 0 Å². The number of fused-ring (bicyclic) bond motifs is 2. The van der Waals surface area contributed by atoms with Crippen molar-refractivity contribution in [3.05, 3.63) is 108 Å². The summed E-state index contributed by atoms with van der Waals surface area (Å²) >= 11 is 7.27. The number of rotatable bonds is 5. The van der Waals surface area contributed by atoms with Crippen LogP contribution < -0.4 is 19.8 Å². The molecule has 0 radical (unpaired) electrons. The zero-order valence-electron chi connectivity index (χ0n) is 20.5. The van der Waals surface area contributed by atoms with Gasteiger partial charge in [-0.05, 0) is 44.5 Å². The van der Waals surface area contributed by atoms with Gasteiger partial charge in [-0.1, -0.05) is 59.3 Å². The van der Waals surface area contributed by atoms with Gasteiger partial charge in [0.2, 0.25) is 0 Å². The lowest BCUT2D eigenvalue weighted by atomic mass is 9.96. The number of allylic oxidation sites excluding steroid dienone is 1. The van der Waals surface area contributed by atoms with Crippen LogP contribution in [0.15, 0.2) is 82.2 Å². The van der Waals surface area contributed by atoms with E-state index in [0.717, 1.165) is 17.0 Å². The van der Waals surface area contributed by atoms with E-state index in [4.69, 9.17) is 16.3 Å². The lowest BCUT2D eigenvalue weighted by molar-refractivity contribution is -0.143. The molecule has 3 heterocycles. The number of amides is 1. The first-order valence-electron chi connectivity index (χ1n) is 11.8. The van der Waals surface area contributed by atoms with E-state index in [1.807, 2.05) is 24.3 Å². The van der Waals surface area contributed by atoms with Crippen molar-refractivity contribution in [1.82, 2.24) is 4.57 Å². The second-order valence-corrected chi connectivity index (χ2v) is 10.4. The number of para-hydroxylation sites is 1. The Morgan fingerprint density at radius 3 is 2.57 bits per heavy atom. The second-order valence-electron chi connectivity index (χ2n) is 9.00. The third-order valence-electron chi connectivity index (χ3n) is 6.21. The molecule has 1 amide bonds.